The van der Waals surface area contributed by atoms with E-state index in [0.29, 0.717) is 0 Å². The van der Waals surface area contributed by atoms with Gasteiger partial charge in [-0.05, 0) is 17.5 Å². The predicted molar refractivity (Wildman–Crippen MR) is 104 cm³/mol. The van der Waals surface area contributed by atoms with Crippen LogP contribution in [-0.2, 0) is 0 Å². The van der Waals surface area contributed by atoms with Gasteiger partial charge >= 0.3 is 0 Å². The van der Waals surface area contributed by atoms with Crippen LogP contribution in [0.2, 0.25) is 58.9 Å². The Balaban J connectivity index is 3.75. The zero-order valence-corrected chi connectivity index (χ0v) is 19.4. The Morgan fingerprint density at radius 1 is 0.684 bits per heavy atom. The van der Waals surface area contributed by atoms with Crippen molar-refractivity contribution in [2.45, 2.75) is 65.8 Å². The molecule has 0 radical (unpaired) electrons. The molecule has 1 aromatic rings. The molecule has 0 saturated carbocycles. The van der Waals surface area contributed by atoms with E-state index in [-0.39, 0.29) is 0 Å². The Hall–Kier alpha value is 0.568. The summed E-state index contributed by atoms with van der Waals surface area (Å²) in [7, 11) is -3.49. The molecule has 0 amide bonds. The molecule has 0 aromatic carbocycles. The van der Waals surface area contributed by atoms with Crippen LogP contribution in [-0.4, -0.2) is 29.4 Å². The zero-order chi connectivity index (χ0) is 15.3. The summed E-state index contributed by atoms with van der Waals surface area (Å²) in [6.45, 7) is 25.0. The van der Waals surface area contributed by atoms with Crippen molar-refractivity contribution in [3.05, 3.63) is 17.0 Å². The van der Waals surface area contributed by atoms with Gasteiger partial charge in [-0.2, -0.15) is 11.3 Å². The standard InChI is InChI=1S/C14H32SSi4/c1-13-11-12-14(15-13)19(16(2,3)4,17(5,6)7)18(8,9)10/h11-12H,1-10H3. The molecule has 5 heteroatoms. The highest BCUT2D eigenvalue weighted by Gasteiger charge is 2.63. The molecule has 0 bridgehead atoms. The van der Waals surface area contributed by atoms with Gasteiger partial charge in [-0.3, -0.25) is 0 Å². The summed E-state index contributed by atoms with van der Waals surface area (Å²) in [5, 5.41) is 0. The number of thiophene rings is 1. The summed E-state index contributed by atoms with van der Waals surface area (Å²) >= 11 is 2.14. The smallest absolute Gasteiger partial charge is 0.0806 e. The topological polar surface area (TPSA) is 0 Å². The van der Waals surface area contributed by atoms with Crippen LogP contribution in [0, 0.1) is 6.92 Å². The first kappa shape index (κ1) is 17.6. The van der Waals surface area contributed by atoms with Crippen molar-refractivity contribution in [3.8, 4) is 0 Å². The van der Waals surface area contributed by atoms with E-state index in [1.807, 2.05) is 4.50 Å². The minimum Gasteiger partial charge on any atom is -0.151 e. The molecule has 0 unspecified atom stereocenters. The van der Waals surface area contributed by atoms with E-state index in [9.17, 15) is 0 Å². The first-order valence-electron chi connectivity index (χ1n) is 7.32. The Morgan fingerprint density at radius 3 is 1.26 bits per heavy atom. The second-order valence-electron chi connectivity index (χ2n) is 8.91. The van der Waals surface area contributed by atoms with Gasteiger partial charge in [0.15, 0.2) is 0 Å². The maximum atomic E-state index is 2.67. The number of hydrogen-bond acceptors (Lipinski definition) is 1. The lowest BCUT2D eigenvalue weighted by Gasteiger charge is -2.56. The van der Waals surface area contributed by atoms with E-state index in [2.05, 4.69) is 89.3 Å². The lowest BCUT2D eigenvalue weighted by molar-refractivity contribution is 1.64. The fourth-order valence-electron chi connectivity index (χ4n) is 5.12. The number of rotatable bonds is 4. The highest BCUT2D eigenvalue weighted by molar-refractivity contribution is 7.94. The van der Waals surface area contributed by atoms with Gasteiger partial charge in [0.2, 0.25) is 0 Å². The van der Waals surface area contributed by atoms with Crippen LogP contribution in [0.4, 0.5) is 0 Å². The van der Waals surface area contributed by atoms with Crippen LogP contribution >= 0.6 is 11.3 Å². The van der Waals surface area contributed by atoms with Gasteiger partial charge in [-0.1, -0.05) is 65.0 Å². The van der Waals surface area contributed by atoms with Gasteiger partial charge < -0.3 is 0 Å². The van der Waals surface area contributed by atoms with Crippen LogP contribution in [0.3, 0.4) is 0 Å². The van der Waals surface area contributed by atoms with E-state index >= 15 is 0 Å². The van der Waals surface area contributed by atoms with Crippen LogP contribution in [0.15, 0.2) is 12.1 Å². The quantitative estimate of drug-likeness (QED) is 0.677. The Labute approximate surface area is 128 Å². The SMILES string of the molecule is Cc1ccc([Si]([Si](C)(C)C)([Si](C)(C)C)[Si](C)(C)C)s1. The van der Waals surface area contributed by atoms with Gasteiger partial charge in [-0.15, -0.1) is 0 Å². The third kappa shape index (κ3) is 2.81. The molecule has 0 N–H and O–H groups in total. The summed E-state index contributed by atoms with van der Waals surface area (Å²) in [5.41, 5.74) is 0. The van der Waals surface area contributed by atoms with Crippen LogP contribution in [0.25, 0.3) is 0 Å². The molecular weight excluding hydrogens is 313 g/mol. The highest BCUT2D eigenvalue weighted by Crippen LogP contribution is 2.38. The average molecular weight is 345 g/mol. The molecule has 0 atom stereocenters. The van der Waals surface area contributed by atoms with Gasteiger partial charge in [0.1, 0.15) is 0 Å². The van der Waals surface area contributed by atoms with Crippen molar-refractivity contribution in [2.24, 2.45) is 0 Å². The van der Waals surface area contributed by atoms with E-state index in [4.69, 9.17) is 0 Å². The maximum absolute atomic E-state index is 2.67. The second kappa shape index (κ2) is 5.09. The molecule has 0 aliphatic carbocycles. The summed E-state index contributed by atoms with van der Waals surface area (Å²) in [4.78, 5) is 1.52. The fraction of sp³-hybridized carbons (Fsp3) is 0.714. The predicted octanol–water partition coefficient (Wildman–Crippen LogP) is 4.96. The lowest BCUT2D eigenvalue weighted by atomic mass is 10.5. The summed E-state index contributed by atoms with van der Waals surface area (Å²) in [6.07, 6.45) is 0. The van der Waals surface area contributed by atoms with E-state index in [1.165, 1.54) is 4.88 Å². The maximum Gasteiger partial charge on any atom is 0.0806 e. The van der Waals surface area contributed by atoms with E-state index in [1.54, 1.807) is 0 Å². The largest absolute Gasteiger partial charge is 0.151 e. The molecule has 0 aliphatic rings. The van der Waals surface area contributed by atoms with Gasteiger partial charge in [0.05, 0.1) is 6.63 Å². The molecular formula is C14H32SSi4. The lowest BCUT2D eigenvalue weighted by Crippen LogP contribution is -2.87. The third-order valence-electron chi connectivity index (χ3n) is 4.48. The van der Waals surface area contributed by atoms with Crippen LogP contribution < -0.4 is 4.50 Å². The summed E-state index contributed by atoms with van der Waals surface area (Å²) in [5.74, 6) is 0. The van der Waals surface area contributed by atoms with Crippen molar-refractivity contribution >= 4 is 45.2 Å². The Kier molecular flexibility index (Phi) is 4.72. The number of hydrogen-bond donors (Lipinski definition) is 0. The van der Waals surface area contributed by atoms with Crippen molar-refractivity contribution in [2.75, 3.05) is 0 Å². The van der Waals surface area contributed by atoms with Crippen molar-refractivity contribution < 1.29 is 0 Å². The van der Waals surface area contributed by atoms with Crippen LogP contribution in [0.1, 0.15) is 4.88 Å². The second-order valence-corrected chi connectivity index (χ2v) is 50.8. The molecule has 0 fully saturated rings. The molecule has 1 rings (SSSR count). The molecule has 19 heavy (non-hydrogen) atoms. The third-order valence-corrected chi connectivity index (χ3v) is 79.0. The number of aryl methyl sites for hydroxylation is 1. The molecule has 110 valence electrons. The monoisotopic (exact) mass is 344 g/mol. The average Bonchev–Trinajstić information content (AvgIpc) is 2.43. The molecule has 0 saturated heterocycles. The Bertz CT molecular complexity index is 407. The van der Waals surface area contributed by atoms with Gasteiger partial charge in [-0.25, -0.2) is 0 Å². The van der Waals surface area contributed by atoms with Gasteiger partial charge in [0, 0.05) is 27.7 Å². The highest BCUT2D eigenvalue weighted by atomic mass is 32.1. The zero-order valence-electron chi connectivity index (χ0n) is 14.6. The van der Waals surface area contributed by atoms with E-state index < -0.39 is 29.4 Å². The first-order valence-corrected chi connectivity index (χ1v) is 23.6. The fourth-order valence-corrected chi connectivity index (χ4v) is 114. The van der Waals surface area contributed by atoms with Crippen molar-refractivity contribution in [1.82, 2.24) is 0 Å². The summed E-state index contributed by atoms with van der Waals surface area (Å²) in [6, 6.07) is 4.91. The first-order chi connectivity index (χ1) is 8.25. The molecule has 0 spiro atoms. The molecule has 0 nitrogen and oxygen atoms in total. The minimum atomic E-state index is -1.32. The van der Waals surface area contributed by atoms with Crippen molar-refractivity contribution in [3.63, 3.8) is 0 Å². The van der Waals surface area contributed by atoms with Crippen LogP contribution in [0.5, 0.6) is 0 Å². The molecule has 1 aromatic heterocycles. The normalized spacial score (nSPS) is 14.8. The van der Waals surface area contributed by atoms with E-state index in [0.717, 1.165) is 0 Å². The molecule has 1 heterocycles. The summed E-state index contributed by atoms with van der Waals surface area (Å²) < 4.78 is 1.86. The molecule has 0 aliphatic heterocycles. The van der Waals surface area contributed by atoms with Gasteiger partial charge in [0.25, 0.3) is 0 Å². The minimum absolute atomic E-state index is 1.16. The Morgan fingerprint density at radius 2 is 1.05 bits per heavy atom. The van der Waals surface area contributed by atoms with Crippen molar-refractivity contribution in [1.29, 1.82) is 0 Å².